The molecule has 0 aromatic carbocycles. The predicted molar refractivity (Wildman–Crippen MR) is 78.4 cm³/mol. The molecule has 4 nitrogen and oxygen atoms in total. The molecule has 1 N–H and O–H groups in total. The van der Waals surface area contributed by atoms with Crippen molar-refractivity contribution in [1.29, 1.82) is 0 Å². The molecule has 2 aliphatic rings. The number of carbonyl (C=O) groups is 1. The van der Waals surface area contributed by atoms with Crippen molar-refractivity contribution in [2.24, 2.45) is 11.3 Å². The van der Waals surface area contributed by atoms with Crippen LogP contribution in [0.5, 0.6) is 0 Å². The van der Waals surface area contributed by atoms with Crippen LogP contribution in [0.25, 0.3) is 0 Å². The zero-order valence-corrected chi connectivity index (χ0v) is 12.8. The average molecular weight is 327 g/mol. The highest BCUT2D eigenvalue weighted by Gasteiger charge is 2.68. The Hall–Kier alpha value is -1.63. The Morgan fingerprint density at radius 3 is 2.83 bits per heavy atom. The molecule has 1 saturated heterocycles. The van der Waals surface area contributed by atoms with Crippen LogP contribution in [-0.4, -0.2) is 41.6 Å². The molecule has 1 unspecified atom stereocenters. The van der Waals surface area contributed by atoms with Gasteiger partial charge in [-0.25, -0.2) is 0 Å². The molecule has 1 aromatic heterocycles. The fourth-order valence-electron chi connectivity index (χ4n) is 3.14. The number of alkyl halides is 3. The molecule has 1 saturated carbocycles. The number of rotatable bonds is 5. The highest BCUT2D eigenvalue weighted by molar-refractivity contribution is 5.86. The summed E-state index contributed by atoms with van der Waals surface area (Å²) in [7, 11) is 0. The minimum absolute atomic E-state index is 0.0832. The second-order valence-electron chi connectivity index (χ2n) is 6.54. The van der Waals surface area contributed by atoms with Crippen molar-refractivity contribution < 1.29 is 18.0 Å². The normalized spacial score (nSPS) is 23.7. The molecule has 23 heavy (non-hydrogen) atoms. The highest BCUT2D eigenvalue weighted by atomic mass is 19.4. The second kappa shape index (κ2) is 6.11. The first-order valence-corrected chi connectivity index (χ1v) is 7.87. The van der Waals surface area contributed by atoms with Gasteiger partial charge in [0.2, 0.25) is 5.91 Å². The molecule has 126 valence electrons. The van der Waals surface area contributed by atoms with E-state index in [0.717, 1.165) is 31.6 Å². The van der Waals surface area contributed by atoms with E-state index in [1.165, 1.54) is 0 Å². The SMILES string of the molecule is O=C(NCC1CCN(Cc2cccnc2)C1)C1(C(F)(F)F)CC1. The van der Waals surface area contributed by atoms with Gasteiger partial charge in [-0.3, -0.25) is 14.7 Å². The van der Waals surface area contributed by atoms with Gasteiger partial charge in [0.25, 0.3) is 0 Å². The van der Waals surface area contributed by atoms with E-state index in [2.05, 4.69) is 15.2 Å². The van der Waals surface area contributed by atoms with E-state index in [9.17, 15) is 18.0 Å². The van der Waals surface area contributed by atoms with Crippen LogP contribution < -0.4 is 5.32 Å². The van der Waals surface area contributed by atoms with E-state index < -0.39 is 17.5 Å². The van der Waals surface area contributed by atoms with Crippen LogP contribution in [0.3, 0.4) is 0 Å². The van der Waals surface area contributed by atoms with Gasteiger partial charge >= 0.3 is 6.18 Å². The molecule has 1 aromatic rings. The Morgan fingerprint density at radius 1 is 1.43 bits per heavy atom. The molecule has 1 aliphatic heterocycles. The van der Waals surface area contributed by atoms with Gasteiger partial charge in [0.15, 0.2) is 0 Å². The van der Waals surface area contributed by atoms with E-state index in [1.54, 1.807) is 6.20 Å². The lowest BCUT2D eigenvalue weighted by Gasteiger charge is -2.20. The molecular weight excluding hydrogens is 307 g/mol. The van der Waals surface area contributed by atoms with Crippen molar-refractivity contribution in [2.75, 3.05) is 19.6 Å². The second-order valence-corrected chi connectivity index (χ2v) is 6.54. The zero-order valence-electron chi connectivity index (χ0n) is 12.8. The maximum Gasteiger partial charge on any atom is 0.403 e. The number of nitrogens with one attached hydrogen (secondary N) is 1. The lowest BCUT2D eigenvalue weighted by atomic mass is 10.0. The van der Waals surface area contributed by atoms with Crippen LogP contribution in [0.2, 0.25) is 0 Å². The molecule has 1 atom stereocenters. The number of hydrogen-bond donors (Lipinski definition) is 1. The third kappa shape index (κ3) is 3.49. The first-order chi connectivity index (χ1) is 10.9. The predicted octanol–water partition coefficient (Wildman–Crippen LogP) is 2.36. The third-order valence-electron chi connectivity index (χ3n) is 4.78. The summed E-state index contributed by atoms with van der Waals surface area (Å²) in [5.74, 6) is -0.643. The number of carbonyl (C=O) groups excluding carboxylic acids is 1. The van der Waals surface area contributed by atoms with Crippen molar-refractivity contribution in [3.8, 4) is 0 Å². The summed E-state index contributed by atoms with van der Waals surface area (Å²) < 4.78 is 38.6. The number of amides is 1. The van der Waals surface area contributed by atoms with Crippen molar-refractivity contribution in [1.82, 2.24) is 15.2 Å². The quantitative estimate of drug-likeness (QED) is 0.903. The summed E-state index contributed by atoms with van der Waals surface area (Å²) in [4.78, 5) is 18.2. The van der Waals surface area contributed by atoms with Gasteiger partial charge in [-0.1, -0.05) is 6.07 Å². The fraction of sp³-hybridized carbons (Fsp3) is 0.625. The van der Waals surface area contributed by atoms with E-state index in [-0.39, 0.29) is 18.8 Å². The Morgan fingerprint density at radius 2 is 2.22 bits per heavy atom. The molecule has 1 amide bonds. The maximum absolute atomic E-state index is 12.9. The highest BCUT2D eigenvalue weighted by Crippen LogP contribution is 2.57. The van der Waals surface area contributed by atoms with Crippen LogP contribution in [0.15, 0.2) is 24.5 Å². The van der Waals surface area contributed by atoms with Gasteiger partial charge < -0.3 is 5.32 Å². The third-order valence-corrected chi connectivity index (χ3v) is 4.78. The van der Waals surface area contributed by atoms with Gasteiger partial charge in [0.1, 0.15) is 5.41 Å². The van der Waals surface area contributed by atoms with E-state index in [1.807, 2.05) is 18.3 Å². The molecule has 2 fully saturated rings. The van der Waals surface area contributed by atoms with E-state index in [4.69, 9.17) is 0 Å². The van der Waals surface area contributed by atoms with Gasteiger partial charge in [0.05, 0.1) is 0 Å². The van der Waals surface area contributed by atoms with E-state index >= 15 is 0 Å². The average Bonchev–Trinajstić information content (AvgIpc) is 3.23. The smallest absolute Gasteiger partial charge is 0.355 e. The first-order valence-electron chi connectivity index (χ1n) is 7.87. The molecule has 3 rings (SSSR count). The van der Waals surface area contributed by atoms with Crippen molar-refractivity contribution >= 4 is 5.91 Å². The number of aromatic nitrogens is 1. The molecule has 2 heterocycles. The summed E-state index contributed by atoms with van der Waals surface area (Å²) in [6.07, 6.45) is -0.172. The van der Waals surface area contributed by atoms with Crippen LogP contribution in [0, 0.1) is 11.3 Å². The lowest BCUT2D eigenvalue weighted by molar-refractivity contribution is -0.192. The molecule has 7 heteroatoms. The van der Waals surface area contributed by atoms with Crippen molar-refractivity contribution in [3.63, 3.8) is 0 Å². The number of pyridine rings is 1. The number of halogens is 3. The zero-order chi connectivity index (χ0) is 16.5. The van der Waals surface area contributed by atoms with Crippen LogP contribution in [0.1, 0.15) is 24.8 Å². The Balaban J connectivity index is 1.45. The molecule has 0 spiro atoms. The van der Waals surface area contributed by atoms with Crippen LogP contribution in [0.4, 0.5) is 13.2 Å². The topological polar surface area (TPSA) is 45.2 Å². The number of nitrogens with zero attached hydrogens (tertiary/aromatic N) is 2. The van der Waals surface area contributed by atoms with E-state index in [0.29, 0.717) is 6.54 Å². The summed E-state index contributed by atoms with van der Waals surface area (Å²) >= 11 is 0. The van der Waals surface area contributed by atoms with Crippen molar-refractivity contribution in [2.45, 2.75) is 32.0 Å². The summed E-state index contributed by atoms with van der Waals surface area (Å²) in [6, 6.07) is 3.89. The van der Waals surface area contributed by atoms with Crippen LogP contribution >= 0.6 is 0 Å². The standard InChI is InChI=1S/C16H20F3N3O/c17-16(18,19)15(4-5-15)14(23)21-9-13-3-7-22(11-13)10-12-2-1-6-20-8-12/h1-2,6,8,13H,3-5,7,9-11H2,(H,21,23). The van der Waals surface area contributed by atoms with Crippen molar-refractivity contribution in [3.05, 3.63) is 30.1 Å². The summed E-state index contributed by atoms with van der Waals surface area (Å²) in [5, 5.41) is 2.52. The van der Waals surface area contributed by atoms with Crippen LogP contribution in [-0.2, 0) is 11.3 Å². The first kappa shape index (κ1) is 16.2. The van der Waals surface area contributed by atoms with Gasteiger partial charge in [-0.2, -0.15) is 13.2 Å². The molecule has 0 radical (unpaired) electrons. The molecular formula is C16H20F3N3O. The lowest BCUT2D eigenvalue weighted by Crippen LogP contribution is -2.43. The fourth-order valence-corrected chi connectivity index (χ4v) is 3.14. The maximum atomic E-state index is 12.9. The Labute approximate surface area is 133 Å². The van der Waals surface area contributed by atoms with Gasteiger partial charge in [0, 0.05) is 32.0 Å². The number of hydrogen-bond acceptors (Lipinski definition) is 3. The van der Waals surface area contributed by atoms with Gasteiger partial charge in [-0.15, -0.1) is 0 Å². The largest absolute Gasteiger partial charge is 0.403 e. The minimum Gasteiger partial charge on any atom is -0.355 e. The summed E-state index contributed by atoms with van der Waals surface area (Å²) in [6.45, 7) is 2.78. The Bertz CT molecular complexity index is 557. The molecule has 1 aliphatic carbocycles. The molecule has 0 bridgehead atoms. The van der Waals surface area contributed by atoms with Gasteiger partial charge in [-0.05, 0) is 43.4 Å². The number of likely N-dealkylation sites (tertiary alicyclic amines) is 1. The minimum atomic E-state index is -4.43. The Kier molecular flexibility index (Phi) is 4.31. The monoisotopic (exact) mass is 327 g/mol. The summed E-state index contributed by atoms with van der Waals surface area (Å²) in [5.41, 5.74) is -0.993.